The number of urea groups is 1. The van der Waals surface area contributed by atoms with Crippen LogP contribution in [0.3, 0.4) is 0 Å². The van der Waals surface area contributed by atoms with Crippen LogP contribution in [0.25, 0.3) is 0 Å². The van der Waals surface area contributed by atoms with Crippen LogP contribution in [0.2, 0.25) is 0 Å². The van der Waals surface area contributed by atoms with Crippen molar-refractivity contribution in [2.45, 2.75) is 129 Å². The number of Topliss-reactive ketones (excluding diaryl/α,β-unsaturated/α-hetero) is 2. The number of ether oxygens (including phenoxy) is 6. The predicted octanol–water partition coefficient (Wildman–Crippen LogP) is 9.08. The van der Waals surface area contributed by atoms with E-state index < -0.39 is 66.2 Å². The first-order valence-corrected chi connectivity index (χ1v) is 25.8. The van der Waals surface area contributed by atoms with Crippen LogP contribution in [0, 0.1) is 25.7 Å². The van der Waals surface area contributed by atoms with Gasteiger partial charge in [-0.05, 0) is 89.8 Å². The highest BCUT2D eigenvalue weighted by Gasteiger charge is 2.44. The number of carbonyl (C=O) groups excluding carboxylic acids is 3. The third-order valence-electron chi connectivity index (χ3n) is 13.9. The number of nitrogens with zero attached hydrogens (tertiary/aromatic N) is 7. The molecule has 6 atom stereocenters. The molecule has 78 heavy (non-hydrogen) atoms. The molecular weight excluding hydrogens is 1030 g/mol. The van der Waals surface area contributed by atoms with Crippen LogP contribution in [0.1, 0.15) is 99.3 Å². The predicted molar refractivity (Wildman–Crippen MR) is 276 cm³/mol. The molecule has 10 rings (SSSR count). The van der Waals surface area contributed by atoms with Gasteiger partial charge < -0.3 is 49.3 Å². The first-order valence-electron chi connectivity index (χ1n) is 25.8. The van der Waals surface area contributed by atoms with Crippen LogP contribution in [-0.2, 0) is 18.9 Å². The van der Waals surface area contributed by atoms with Crippen LogP contribution in [0.15, 0.2) is 48.8 Å². The van der Waals surface area contributed by atoms with Gasteiger partial charge in [0.1, 0.15) is 59.9 Å². The largest absolute Gasteiger partial charge is 0.491 e. The lowest BCUT2D eigenvalue weighted by Crippen LogP contribution is -2.48. The minimum Gasteiger partial charge on any atom is -0.491 e. The van der Waals surface area contributed by atoms with Crippen LogP contribution in [-0.4, -0.2) is 138 Å². The highest BCUT2D eigenvalue weighted by molar-refractivity contribution is 6.05. The van der Waals surface area contributed by atoms with Crippen molar-refractivity contribution < 1.29 is 69.1 Å². The van der Waals surface area contributed by atoms with Crippen molar-refractivity contribution >= 4 is 52.2 Å². The molecule has 4 fully saturated rings. The summed E-state index contributed by atoms with van der Waals surface area (Å²) in [6.07, 6.45) is -5.62. The van der Waals surface area contributed by atoms with E-state index in [0.717, 1.165) is 44.6 Å². The SMILES string of the molecule is CC1(C)OC[C@H](COc2ccnc(N)c2)O1.Cc1cc(C(=O)C[C@H](C)C(F)(F)F)nc2c1N1CC[C@@H](C1)N2.Cc1cc(C(=O)C[C@H](C)C(F)(F)F)nc2c1N1CC[C@@H](C1)N2C(=O)Nc1cc(OC[C@H]2COC(C)(C)O2)ccn1. The molecule has 0 unspecified atom stereocenters. The van der Waals surface area contributed by atoms with E-state index in [1.54, 1.807) is 43.5 Å². The number of nitrogens with two attached hydrogens (primary N) is 1. The summed E-state index contributed by atoms with van der Waals surface area (Å²) in [5.41, 5.74) is 8.76. The molecule has 4 saturated heterocycles. The number of anilines is 6. The summed E-state index contributed by atoms with van der Waals surface area (Å²) < 4.78 is 111. The number of fused-ring (bicyclic) bond motifs is 8. The van der Waals surface area contributed by atoms with Gasteiger partial charge in [0, 0.05) is 69.6 Å². The van der Waals surface area contributed by atoms with Gasteiger partial charge in [-0.2, -0.15) is 26.3 Å². The maximum atomic E-state index is 13.6. The smallest absolute Gasteiger partial charge is 0.391 e. The minimum absolute atomic E-state index is 0.0376. The van der Waals surface area contributed by atoms with Gasteiger partial charge in [-0.25, -0.2) is 24.7 Å². The van der Waals surface area contributed by atoms with E-state index >= 15 is 0 Å². The number of hydrogen-bond acceptors (Lipinski definition) is 17. The molecule has 0 aliphatic carbocycles. The maximum absolute atomic E-state index is 13.6. The fourth-order valence-corrected chi connectivity index (χ4v) is 9.85. The Balaban J connectivity index is 0.000000176. The number of aromatic nitrogens is 4. The quantitative estimate of drug-likeness (QED) is 0.0840. The van der Waals surface area contributed by atoms with Crippen molar-refractivity contribution in [1.82, 2.24) is 19.9 Å². The van der Waals surface area contributed by atoms with Gasteiger partial charge in [-0.1, -0.05) is 13.8 Å². The van der Waals surface area contributed by atoms with E-state index in [2.05, 4.69) is 40.4 Å². The topological polar surface area (TPSA) is 218 Å². The van der Waals surface area contributed by atoms with E-state index in [-0.39, 0.29) is 47.9 Å². The van der Waals surface area contributed by atoms with Gasteiger partial charge in [0.2, 0.25) is 0 Å². The van der Waals surface area contributed by atoms with Crippen molar-refractivity contribution in [3.05, 3.63) is 71.3 Å². The van der Waals surface area contributed by atoms with E-state index in [1.807, 2.05) is 34.6 Å². The number of carbonyl (C=O) groups is 3. The first-order chi connectivity index (χ1) is 36.6. The number of pyridine rings is 4. The summed E-state index contributed by atoms with van der Waals surface area (Å²) in [6, 6.07) is 9.37. The molecule has 424 valence electrons. The van der Waals surface area contributed by atoms with E-state index in [0.29, 0.717) is 79.8 Å². The Labute approximate surface area is 447 Å². The molecule has 4 aromatic rings. The number of nitrogens with one attached hydrogen (secondary N) is 2. The Morgan fingerprint density at radius 2 is 1.28 bits per heavy atom. The molecule has 10 heterocycles. The van der Waals surface area contributed by atoms with Crippen molar-refractivity contribution in [3.63, 3.8) is 0 Å². The van der Waals surface area contributed by atoms with Crippen LogP contribution in [0.4, 0.5) is 65.8 Å². The van der Waals surface area contributed by atoms with Crippen LogP contribution < -0.4 is 40.5 Å². The summed E-state index contributed by atoms with van der Waals surface area (Å²) in [5, 5.41) is 6.07. The Kier molecular flexibility index (Phi) is 17.0. The molecule has 0 saturated carbocycles. The fourth-order valence-electron chi connectivity index (χ4n) is 9.85. The van der Waals surface area contributed by atoms with E-state index in [4.69, 9.17) is 34.2 Å². The van der Waals surface area contributed by atoms with Gasteiger partial charge in [0.05, 0.1) is 42.5 Å². The highest BCUT2D eigenvalue weighted by Crippen LogP contribution is 2.43. The maximum Gasteiger partial charge on any atom is 0.391 e. The van der Waals surface area contributed by atoms with Crippen molar-refractivity contribution in [2.75, 3.05) is 83.7 Å². The van der Waals surface area contributed by atoms with Gasteiger partial charge in [-0.15, -0.1) is 0 Å². The second-order valence-electron chi connectivity index (χ2n) is 21.2. The molecule has 2 amide bonds. The zero-order valence-electron chi connectivity index (χ0n) is 44.7. The molecule has 25 heteroatoms. The number of halogens is 6. The van der Waals surface area contributed by atoms with Gasteiger partial charge in [0.25, 0.3) is 0 Å². The molecule has 6 aliphatic heterocycles. The third-order valence-corrected chi connectivity index (χ3v) is 13.9. The lowest BCUT2D eigenvalue weighted by Gasteiger charge is -2.36. The zero-order chi connectivity index (χ0) is 56.5. The monoisotopic (exact) mass is 1100 g/mol. The summed E-state index contributed by atoms with van der Waals surface area (Å²) in [4.78, 5) is 61.1. The average Bonchev–Trinajstić information content (AvgIpc) is 4.14. The number of nitrogen functional groups attached to an aromatic ring is 1. The molecule has 0 radical (unpaired) electrons. The Bertz CT molecular complexity index is 2840. The van der Waals surface area contributed by atoms with Crippen molar-refractivity contribution in [3.8, 4) is 11.5 Å². The van der Waals surface area contributed by atoms with Gasteiger partial charge in [0.15, 0.2) is 34.8 Å². The second-order valence-corrected chi connectivity index (χ2v) is 21.2. The Morgan fingerprint density at radius 1 is 0.756 bits per heavy atom. The van der Waals surface area contributed by atoms with Crippen molar-refractivity contribution in [1.29, 1.82) is 0 Å². The minimum atomic E-state index is -4.49. The summed E-state index contributed by atoms with van der Waals surface area (Å²) >= 11 is 0. The zero-order valence-corrected chi connectivity index (χ0v) is 44.7. The second kappa shape index (κ2) is 23.0. The van der Waals surface area contributed by atoms with E-state index in [9.17, 15) is 40.7 Å². The molecule has 4 N–H and O–H groups in total. The molecule has 0 spiro atoms. The normalized spacial score (nSPS) is 22.2. The van der Waals surface area contributed by atoms with Crippen LogP contribution >= 0.6 is 0 Å². The average molecular weight is 1100 g/mol. The Hall–Kier alpha value is -6.57. The molecule has 6 aliphatic rings. The number of rotatable bonds is 13. The molecular formula is C53H66F6N10O9. The standard InChI is InChI=1S/C27H32F3N5O5.C15H18F3N3O.C11H16N2O3/c1-15-9-20(21(36)10-16(2)27(28,29)30)32-24-23(15)34-8-6-17(12-34)35(24)25(37)33-22-11-18(5-7-31-22)38-13-19-14-39-26(3,4)40-19;1-8-5-11(12(22)6-9(2)15(16,17)18)20-14-13(8)21-4-3-10(7-21)19-14;1-11(2)15-7-9(16-11)6-14-8-3-4-13-10(12)5-8/h5,7,9,11,16-17,19H,6,8,10,12-14H2,1-4H3,(H,31,33,37);5,9-10H,3-4,6-7H2,1-2H3,(H,19,20);3-5,9H,6-7H2,1-2H3,(H2,12,13)/t16-,17-,19-;9-,10-;9-/m000/s1. The molecule has 19 nitrogen and oxygen atoms in total. The lowest BCUT2D eigenvalue weighted by molar-refractivity contribution is -0.169. The summed E-state index contributed by atoms with van der Waals surface area (Å²) in [7, 11) is 0. The number of hydrogen-bond donors (Lipinski definition) is 3. The van der Waals surface area contributed by atoms with Crippen LogP contribution in [0.5, 0.6) is 11.5 Å². The van der Waals surface area contributed by atoms with Gasteiger partial charge in [-0.3, -0.25) is 19.8 Å². The fraction of sp³-hybridized carbons (Fsp3) is 0.566. The number of amides is 2. The Morgan fingerprint density at radius 3 is 1.83 bits per heavy atom. The molecule has 0 aromatic carbocycles. The highest BCUT2D eigenvalue weighted by atomic mass is 19.4. The third kappa shape index (κ3) is 14.2. The van der Waals surface area contributed by atoms with Crippen molar-refractivity contribution in [2.24, 2.45) is 11.8 Å². The number of aryl methyl sites for hydroxylation is 2. The molecule has 4 bridgehead atoms. The first kappa shape index (κ1) is 57.6. The number of alkyl halides is 6. The van der Waals surface area contributed by atoms with Gasteiger partial charge >= 0.3 is 18.4 Å². The lowest BCUT2D eigenvalue weighted by atomic mass is 10.0. The molecule has 4 aromatic heterocycles. The number of ketones is 2. The van der Waals surface area contributed by atoms with E-state index in [1.165, 1.54) is 17.2 Å². The summed E-state index contributed by atoms with van der Waals surface area (Å²) in [6.45, 7) is 17.8. The summed E-state index contributed by atoms with van der Waals surface area (Å²) in [5.74, 6) is -3.20.